The van der Waals surface area contributed by atoms with E-state index in [1.807, 2.05) is 13.8 Å². The van der Waals surface area contributed by atoms with Crippen molar-refractivity contribution in [2.24, 2.45) is 5.92 Å². The first-order chi connectivity index (χ1) is 13.3. The van der Waals surface area contributed by atoms with Crippen molar-refractivity contribution in [1.29, 1.82) is 0 Å². The third-order valence-corrected chi connectivity index (χ3v) is 4.53. The smallest absolute Gasteiger partial charge is 0.306 e. The number of unbranched alkanes of at least 4 members (excludes halogenated alkanes) is 5. The van der Waals surface area contributed by atoms with Gasteiger partial charge >= 0.3 is 11.9 Å². The van der Waals surface area contributed by atoms with Gasteiger partial charge in [-0.3, -0.25) is 9.59 Å². The van der Waals surface area contributed by atoms with E-state index in [1.54, 1.807) is 0 Å². The Labute approximate surface area is 174 Å². The molecule has 0 N–H and O–H groups in total. The zero-order valence-corrected chi connectivity index (χ0v) is 18.2. The standard InChI is InChI=1S/C21H29BrF2O4/c1-15(2)13-27-20(25)9-7-5-3-4-6-8-10-21(26)28-14-17-18(23)11-16(22)12-19(17)24/h11-12,15H,3-10,13-14H2,1-2H3. The van der Waals surface area contributed by atoms with E-state index in [-0.39, 0.29) is 18.0 Å². The van der Waals surface area contributed by atoms with E-state index in [9.17, 15) is 18.4 Å². The van der Waals surface area contributed by atoms with Crippen molar-refractivity contribution in [2.45, 2.75) is 71.8 Å². The average Bonchev–Trinajstić information content (AvgIpc) is 2.61. The molecule has 0 aliphatic carbocycles. The summed E-state index contributed by atoms with van der Waals surface area (Å²) in [5.41, 5.74) is -0.247. The van der Waals surface area contributed by atoms with Gasteiger partial charge in [0, 0.05) is 17.3 Å². The lowest BCUT2D eigenvalue weighted by Crippen LogP contribution is -2.09. The van der Waals surface area contributed by atoms with Gasteiger partial charge in [-0.05, 0) is 30.9 Å². The lowest BCUT2D eigenvalue weighted by molar-refractivity contribution is -0.146. The van der Waals surface area contributed by atoms with E-state index >= 15 is 0 Å². The molecule has 0 spiro atoms. The maximum Gasteiger partial charge on any atom is 0.306 e. The number of carbonyl (C=O) groups excluding carboxylic acids is 2. The van der Waals surface area contributed by atoms with Gasteiger partial charge in [0.2, 0.25) is 0 Å². The molecule has 1 aromatic carbocycles. The average molecular weight is 463 g/mol. The van der Waals surface area contributed by atoms with Crippen LogP contribution in [0.5, 0.6) is 0 Å². The molecule has 1 aromatic rings. The van der Waals surface area contributed by atoms with Gasteiger partial charge in [0.25, 0.3) is 0 Å². The van der Waals surface area contributed by atoms with Gasteiger partial charge in [-0.15, -0.1) is 0 Å². The second-order valence-electron chi connectivity index (χ2n) is 7.21. The van der Waals surface area contributed by atoms with Crippen LogP contribution in [0.3, 0.4) is 0 Å². The number of hydrogen-bond donors (Lipinski definition) is 0. The van der Waals surface area contributed by atoms with E-state index in [0.717, 1.165) is 44.2 Å². The zero-order valence-electron chi connectivity index (χ0n) is 16.6. The molecule has 0 bridgehead atoms. The summed E-state index contributed by atoms with van der Waals surface area (Å²) in [6, 6.07) is 2.27. The molecule has 0 radical (unpaired) electrons. The number of carbonyl (C=O) groups is 2. The highest BCUT2D eigenvalue weighted by atomic mass is 79.9. The fraction of sp³-hybridized carbons (Fsp3) is 0.619. The summed E-state index contributed by atoms with van der Waals surface area (Å²) in [5.74, 6) is -1.74. The van der Waals surface area contributed by atoms with Crippen molar-refractivity contribution in [2.75, 3.05) is 6.61 Å². The highest BCUT2D eigenvalue weighted by Crippen LogP contribution is 2.20. The maximum atomic E-state index is 13.7. The molecule has 0 heterocycles. The Hall–Kier alpha value is -1.50. The van der Waals surface area contributed by atoms with Gasteiger partial charge in [0.1, 0.15) is 18.2 Å². The number of esters is 2. The number of halogens is 3. The van der Waals surface area contributed by atoms with Crippen molar-refractivity contribution >= 4 is 27.9 Å². The van der Waals surface area contributed by atoms with E-state index < -0.39 is 24.2 Å². The molecule has 0 aliphatic heterocycles. The molecule has 0 saturated heterocycles. The van der Waals surface area contributed by atoms with E-state index in [2.05, 4.69) is 15.9 Å². The molecule has 7 heteroatoms. The third kappa shape index (κ3) is 10.7. The Morgan fingerprint density at radius 2 is 1.36 bits per heavy atom. The van der Waals surface area contributed by atoms with E-state index in [0.29, 0.717) is 29.8 Å². The van der Waals surface area contributed by atoms with Crippen molar-refractivity contribution in [3.63, 3.8) is 0 Å². The van der Waals surface area contributed by atoms with Gasteiger partial charge in [-0.25, -0.2) is 8.78 Å². The van der Waals surface area contributed by atoms with Gasteiger partial charge in [0.05, 0.1) is 12.2 Å². The third-order valence-electron chi connectivity index (χ3n) is 4.07. The second kappa shape index (κ2) is 13.6. The fourth-order valence-electron chi connectivity index (χ4n) is 2.51. The van der Waals surface area contributed by atoms with Crippen LogP contribution in [-0.4, -0.2) is 18.5 Å². The molecular weight excluding hydrogens is 434 g/mol. The van der Waals surface area contributed by atoms with Crippen molar-refractivity contribution in [3.05, 3.63) is 33.8 Å². The van der Waals surface area contributed by atoms with Gasteiger partial charge in [-0.1, -0.05) is 55.5 Å². The summed E-state index contributed by atoms with van der Waals surface area (Å²) in [7, 11) is 0. The fourth-order valence-corrected chi connectivity index (χ4v) is 2.91. The number of ether oxygens (including phenoxy) is 2. The molecule has 0 aliphatic rings. The molecule has 0 amide bonds. The Morgan fingerprint density at radius 3 is 1.86 bits per heavy atom. The van der Waals surface area contributed by atoms with Crippen LogP contribution in [-0.2, 0) is 25.7 Å². The van der Waals surface area contributed by atoms with Crippen LogP contribution in [0.1, 0.15) is 70.8 Å². The summed E-state index contributed by atoms with van der Waals surface area (Å²) >= 11 is 3.00. The highest BCUT2D eigenvalue weighted by Gasteiger charge is 2.13. The Bertz CT molecular complexity index is 612. The molecular formula is C21H29BrF2O4. The van der Waals surface area contributed by atoms with Gasteiger partial charge in [0.15, 0.2) is 0 Å². The minimum absolute atomic E-state index is 0.143. The first-order valence-electron chi connectivity index (χ1n) is 9.74. The Morgan fingerprint density at radius 1 is 0.893 bits per heavy atom. The summed E-state index contributed by atoms with van der Waals surface area (Å²) < 4.78 is 37.7. The summed E-state index contributed by atoms with van der Waals surface area (Å²) in [6.07, 6.45) is 5.91. The second-order valence-corrected chi connectivity index (χ2v) is 8.12. The predicted octanol–water partition coefficient (Wildman–Crippen LogP) is 6.09. The predicted molar refractivity (Wildman–Crippen MR) is 107 cm³/mol. The molecule has 0 atom stereocenters. The molecule has 0 unspecified atom stereocenters. The zero-order chi connectivity index (χ0) is 20.9. The molecule has 1 rings (SSSR count). The van der Waals surface area contributed by atoms with Crippen LogP contribution >= 0.6 is 15.9 Å². The SMILES string of the molecule is CC(C)COC(=O)CCCCCCCCC(=O)OCc1c(F)cc(Br)cc1F. The van der Waals surface area contributed by atoms with Crippen LogP contribution in [0.2, 0.25) is 0 Å². The first kappa shape index (κ1) is 24.5. The number of benzene rings is 1. The van der Waals surface area contributed by atoms with E-state index in [4.69, 9.17) is 9.47 Å². The quantitative estimate of drug-likeness (QED) is 0.262. The van der Waals surface area contributed by atoms with Crippen LogP contribution in [0.25, 0.3) is 0 Å². The largest absolute Gasteiger partial charge is 0.465 e. The minimum Gasteiger partial charge on any atom is -0.465 e. The van der Waals surface area contributed by atoms with Crippen molar-refractivity contribution in [3.8, 4) is 0 Å². The van der Waals surface area contributed by atoms with Crippen molar-refractivity contribution in [1.82, 2.24) is 0 Å². The molecule has 158 valence electrons. The van der Waals surface area contributed by atoms with E-state index in [1.165, 1.54) is 0 Å². The summed E-state index contributed by atoms with van der Waals surface area (Å²) in [6.45, 7) is 4.06. The van der Waals surface area contributed by atoms with Gasteiger partial charge < -0.3 is 9.47 Å². The number of rotatable bonds is 13. The molecule has 0 fully saturated rings. The molecule has 0 saturated carbocycles. The minimum atomic E-state index is -0.743. The highest BCUT2D eigenvalue weighted by molar-refractivity contribution is 9.10. The lowest BCUT2D eigenvalue weighted by Gasteiger charge is -2.08. The monoisotopic (exact) mass is 462 g/mol. The van der Waals surface area contributed by atoms with Crippen molar-refractivity contribution < 1.29 is 27.8 Å². The van der Waals surface area contributed by atoms with Crippen LogP contribution in [0.15, 0.2) is 16.6 Å². The molecule has 0 aromatic heterocycles. The van der Waals surface area contributed by atoms with Crippen LogP contribution in [0.4, 0.5) is 8.78 Å². The maximum absolute atomic E-state index is 13.7. The van der Waals surface area contributed by atoms with Crippen LogP contribution < -0.4 is 0 Å². The summed E-state index contributed by atoms with van der Waals surface area (Å²) in [5, 5.41) is 0. The summed E-state index contributed by atoms with van der Waals surface area (Å²) in [4.78, 5) is 23.2. The topological polar surface area (TPSA) is 52.6 Å². The number of hydrogen-bond acceptors (Lipinski definition) is 4. The van der Waals surface area contributed by atoms with Crippen LogP contribution in [0, 0.1) is 17.6 Å². The molecule has 4 nitrogen and oxygen atoms in total. The lowest BCUT2D eigenvalue weighted by atomic mass is 10.1. The first-order valence-corrected chi connectivity index (χ1v) is 10.5. The normalized spacial score (nSPS) is 10.9. The molecule has 28 heavy (non-hydrogen) atoms. The Kier molecular flexibility index (Phi) is 12.0. The Balaban J connectivity index is 2.05. The van der Waals surface area contributed by atoms with Gasteiger partial charge in [-0.2, -0.15) is 0 Å².